The zero-order valence-electron chi connectivity index (χ0n) is 19.3. The lowest BCUT2D eigenvalue weighted by Crippen LogP contribution is -2.49. The lowest BCUT2D eigenvalue weighted by Gasteiger charge is -2.58. The van der Waals surface area contributed by atoms with Gasteiger partial charge in [0.2, 0.25) is 0 Å². The zero-order chi connectivity index (χ0) is 23.0. The van der Waals surface area contributed by atoms with Crippen molar-refractivity contribution in [3.05, 3.63) is 65.3 Å². The summed E-state index contributed by atoms with van der Waals surface area (Å²) in [5.74, 6) is 2.77. The third kappa shape index (κ3) is 4.19. The summed E-state index contributed by atoms with van der Waals surface area (Å²) in [5.41, 5.74) is 5.30. The van der Waals surface area contributed by atoms with Gasteiger partial charge in [0.25, 0.3) is 0 Å². The van der Waals surface area contributed by atoms with E-state index in [1.807, 2.05) is 24.3 Å². The van der Waals surface area contributed by atoms with Crippen LogP contribution in [0.3, 0.4) is 0 Å². The number of carbonyl (C=O) groups is 1. The highest BCUT2D eigenvalue weighted by atomic mass is 35.5. The summed E-state index contributed by atoms with van der Waals surface area (Å²) >= 11 is 5.54. The molecule has 0 aromatic heterocycles. The summed E-state index contributed by atoms with van der Waals surface area (Å²) < 4.78 is 9.95. The van der Waals surface area contributed by atoms with Gasteiger partial charge in [-0.25, -0.2) is 4.79 Å². The lowest BCUT2D eigenvalue weighted by molar-refractivity contribution is -0.129. The van der Waals surface area contributed by atoms with E-state index in [4.69, 9.17) is 21.6 Å². The number of aliphatic imine (C=N–C) groups is 1. The average Bonchev–Trinajstić information content (AvgIpc) is 2.81. The van der Waals surface area contributed by atoms with Gasteiger partial charge < -0.3 is 9.03 Å². The maximum absolute atomic E-state index is 12.6. The van der Waals surface area contributed by atoms with Gasteiger partial charge in [0.05, 0.1) is 19.2 Å². The minimum Gasteiger partial charge on any atom is -0.497 e. The standard InChI is InChI=1S/C28H32ClNO3/c1-3-4-23-24(27(31)33-29)9-10-25(30-17-18-5-7-22(32-2)8-6-18)26(23)28-14-19-11-20(15-28)13-21(12-19)16-28/h3,5-9,19-21H,1,4,10-17H2,2H3. The van der Waals surface area contributed by atoms with E-state index < -0.39 is 5.97 Å². The molecule has 174 valence electrons. The van der Waals surface area contributed by atoms with Crippen LogP contribution < -0.4 is 4.74 Å². The first-order valence-corrected chi connectivity index (χ1v) is 12.4. The van der Waals surface area contributed by atoms with Crippen LogP contribution in [-0.4, -0.2) is 18.8 Å². The van der Waals surface area contributed by atoms with Crippen molar-refractivity contribution in [3.8, 4) is 5.75 Å². The monoisotopic (exact) mass is 465 g/mol. The summed E-state index contributed by atoms with van der Waals surface area (Å²) in [5, 5.41) is 0. The van der Waals surface area contributed by atoms with Crippen LogP contribution in [0.1, 0.15) is 56.9 Å². The van der Waals surface area contributed by atoms with Gasteiger partial charge in [0.15, 0.2) is 0 Å². The Balaban J connectivity index is 1.57. The van der Waals surface area contributed by atoms with Crippen LogP contribution in [0.15, 0.2) is 64.7 Å². The van der Waals surface area contributed by atoms with E-state index in [-0.39, 0.29) is 5.41 Å². The molecular weight excluding hydrogens is 434 g/mol. The highest BCUT2D eigenvalue weighted by Gasteiger charge is 2.54. The number of allylic oxidation sites excluding steroid dienone is 3. The van der Waals surface area contributed by atoms with E-state index in [1.165, 1.54) is 44.1 Å². The zero-order valence-corrected chi connectivity index (χ0v) is 20.1. The van der Waals surface area contributed by atoms with Gasteiger partial charge in [-0.15, -0.1) is 6.58 Å². The molecule has 4 fully saturated rings. The molecule has 0 unspecified atom stereocenters. The molecule has 5 aliphatic rings. The molecule has 0 heterocycles. The maximum Gasteiger partial charge on any atom is 0.356 e. The first kappa shape index (κ1) is 22.5. The Labute approximate surface area is 201 Å². The number of hydrogen-bond donors (Lipinski definition) is 0. The summed E-state index contributed by atoms with van der Waals surface area (Å²) in [6.07, 6.45) is 12.8. The Bertz CT molecular complexity index is 998. The molecule has 1 aromatic carbocycles. The van der Waals surface area contributed by atoms with Crippen molar-refractivity contribution in [1.29, 1.82) is 0 Å². The SMILES string of the molecule is C=CCC1=C(C23CC4CC(CC(C4)C2)C3)C(=NCc2ccc(OC)cc2)CC=C1C(=O)OCl. The van der Waals surface area contributed by atoms with Crippen molar-refractivity contribution in [2.24, 2.45) is 28.2 Å². The van der Waals surface area contributed by atoms with E-state index in [1.54, 1.807) is 7.11 Å². The third-order valence-electron chi connectivity index (χ3n) is 8.23. The quantitative estimate of drug-likeness (QED) is 0.418. The molecule has 0 amide bonds. The van der Waals surface area contributed by atoms with Crippen LogP contribution >= 0.6 is 11.9 Å². The van der Waals surface area contributed by atoms with Crippen LogP contribution in [0.4, 0.5) is 0 Å². The van der Waals surface area contributed by atoms with Crippen molar-refractivity contribution < 1.29 is 13.8 Å². The van der Waals surface area contributed by atoms with Crippen LogP contribution in [0.5, 0.6) is 5.75 Å². The van der Waals surface area contributed by atoms with Crippen molar-refractivity contribution in [1.82, 2.24) is 0 Å². The van der Waals surface area contributed by atoms with Gasteiger partial charge in [-0.2, -0.15) is 0 Å². The molecule has 0 radical (unpaired) electrons. The summed E-state index contributed by atoms with van der Waals surface area (Å²) in [6, 6.07) is 8.08. The number of hydrogen-bond acceptors (Lipinski definition) is 4. The minimum absolute atomic E-state index is 0.109. The minimum atomic E-state index is -0.468. The molecule has 4 bridgehead atoms. The van der Waals surface area contributed by atoms with Crippen LogP contribution in [0.25, 0.3) is 0 Å². The maximum atomic E-state index is 12.6. The van der Waals surface area contributed by atoms with Gasteiger partial charge in [0, 0.05) is 12.1 Å². The second-order valence-corrected chi connectivity index (χ2v) is 10.5. The van der Waals surface area contributed by atoms with Crippen molar-refractivity contribution in [2.75, 3.05) is 7.11 Å². The molecule has 1 aromatic rings. The third-order valence-corrected chi connectivity index (χ3v) is 8.37. The summed E-state index contributed by atoms with van der Waals surface area (Å²) in [7, 11) is 1.68. The molecule has 5 heteroatoms. The Kier molecular flexibility index (Phi) is 6.22. The number of rotatable bonds is 7. The molecule has 4 nitrogen and oxygen atoms in total. The molecule has 0 saturated heterocycles. The van der Waals surface area contributed by atoms with Crippen molar-refractivity contribution in [3.63, 3.8) is 0 Å². The average molecular weight is 466 g/mol. The molecule has 0 atom stereocenters. The number of nitrogens with zero attached hydrogens (tertiary/aromatic N) is 1. The topological polar surface area (TPSA) is 47.9 Å². The fourth-order valence-electron chi connectivity index (χ4n) is 7.44. The fourth-order valence-corrected chi connectivity index (χ4v) is 7.52. The smallest absolute Gasteiger partial charge is 0.356 e. The lowest BCUT2D eigenvalue weighted by atomic mass is 9.46. The van der Waals surface area contributed by atoms with E-state index in [0.29, 0.717) is 25.0 Å². The first-order chi connectivity index (χ1) is 16.0. The van der Waals surface area contributed by atoms with Gasteiger partial charge >= 0.3 is 5.97 Å². The van der Waals surface area contributed by atoms with E-state index in [2.05, 4.69) is 23.0 Å². The summed E-state index contributed by atoms with van der Waals surface area (Å²) in [4.78, 5) is 17.8. The van der Waals surface area contributed by atoms with Crippen LogP contribution in [-0.2, 0) is 15.6 Å². The van der Waals surface area contributed by atoms with E-state index >= 15 is 0 Å². The Morgan fingerprint density at radius 2 is 1.79 bits per heavy atom. The van der Waals surface area contributed by atoms with Crippen molar-refractivity contribution >= 4 is 23.5 Å². The van der Waals surface area contributed by atoms with Gasteiger partial charge in [-0.05, 0) is 97.0 Å². The molecular formula is C28H32ClNO3. The molecule has 0 aliphatic heterocycles. The summed E-state index contributed by atoms with van der Waals surface area (Å²) in [6.45, 7) is 4.60. The highest BCUT2D eigenvalue weighted by Crippen LogP contribution is 2.64. The highest BCUT2D eigenvalue weighted by molar-refractivity contribution is 6.18. The molecule has 6 rings (SSSR count). The molecule has 0 N–H and O–H groups in total. The van der Waals surface area contributed by atoms with Crippen LogP contribution in [0.2, 0.25) is 0 Å². The first-order valence-electron chi connectivity index (χ1n) is 12.1. The number of halogens is 1. The van der Waals surface area contributed by atoms with Gasteiger partial charge in [-0.1, -0.05) is 24.3 Å². The Morgan fingerprint density at radius 1 is 1.15 bits per heavy atom. The second-order valence-electron chi connectivity index (χ2n) is 10.3. The van der Waals surface area contributed by atoms with Crippen molar-refractivity contribution in [2.45, 2.75) is 57.9 Å². The number of carbonyl (C=O) groups excluding carboxylic acids is 1. The normalized spacial score (nSPS) is 31.5. The fraction of sp³-hybridized carbons (Fsp3) is 0.500. The largest absolute Gasteiger partial charge is 0.497 e. The number of benzene rings is 1. The number of ether oxygens (including phenoxy) is 1. The molecule has 4 saturated carbocycles. The Morgan fingerprint density at radius 3 is 2.33 bits per heavy atom. The van der Waals surface area contributed by atoms with E-state index in [0.717, 1.165) is 40.4 Å². The number of methoxy groups -OCH3 is 1. The van der Waals surface area contributed by atoms with E-state index in [9.17, 15) is 4.79 Å². The Hall–Kier alpha value is -2.33. The molecule has 0 spiro atoms. The molecule has 5 aliphatic carbocycles. The van der Waals surface area contributed by atoms with Gasteiger partial charge in [-0.3, -0.25) is 4.99 Å². The molecule has 33 heavy (non-hydrogen) atoms. The second kappa shape index (κ2) is 9.13. The van der Waals surface area contributed by atoms with Gasteiger partial charge in [0.1, 0.15) is 17.6 Å². The predicted molar refractivity (Wildman–Crippen MR) is 131 cm³/mol. The predicted octanol–water partition coefficient (Wildman–Crippen LogP) is 6.75. The van der Waals surface area contributed by atoms with Crippen LogP contribution in [0, 0.1) is 23.2 Å².